The third-order valence-electron chi connectivity index (χ3n) is 2.73. The lowest BCUT2D eigenvalue weighted by Gasteiger charge is -2.08. The summed E-state index contributed by atoms with van der Waals surface area (Å²) in [6.45, 7) is 5.48. The van der Waals surface area contributed by atoms with Crippen LogP contribution in [0, 0.1) is 6.92 Å². The van der Waals surface area contributed by atoms with Crippen LogP contribution in [0.25, 0.3) is 0 Å². The lowest BCUT2D eigenvalue weighted by Crippen LogP contribution is -2.15. The summed E-state index contributed by atoms with van der Waals surface area (Å²) in [7, 11) is 0. The molecule has 0 amide bonds. The molecule has 0 saturated heterocycles. The molecule has 3 heteroatoms. The Kier molecular flexibility index (Phi) is 4.15. The smallest absolute Gasteiger partial charge is 0.214 e. The van der Waals surface area contributed by atoms with E-state index in [4.69, 9.17) is 4.74 Å². The number of pyridine rings is 1. The van der Waals surface area contributed by atoms with Gasteiger partial charge in [0.2, 0.25) is 5.88 Å². The van der Waals surface area contributed by atoms with E-state index in [9.17, 15) is 0 Å². The van der Waals surface area contributed by atoms with Crippen molar-refractivity contribution < 1.29 is 4.74 Å². The molecule has 1 aromatic rings. The largest absolute Gasteiger partial charge is 0.473 e. The Morgan fingerprint density at radius 2 is 2.29 bits per heavy atom. The van der Waals surface area contributed by atoms with Gasteiger partial charge in [0.25, 0.3) is 0 Å². The number of nitrogens with zero attached hydrogens (tertiary/aromatic N) is 1. The zero-order chi connectivity index (χ0) is 12.1. The Morgan fingerprint density at radius 1 is 1.47 bits per heavy atom. The molecule has 92 valence electrons. The molecule has 1 heterocycles. The lowest BCUT2D eigenvalue weighted by atomic mass is 10.2. The van der Waals surface area contributed by atoms with Gasteiger partial charge < -0.3 is 10.1 Å². The first-order valence-electron chi connectivity index (χ1n) is 6.23. The first kappa shape index (κ1) is 12.1. The van der Waals surface area contributed by atoms with Crippen molar-refractivity contribution in [1.82, 2.24) is 10.3 Å². The summed E-state index contributed by atoms with van der Waals surface area (Å²) in [6, 6.07) is 4.86. The highest BCUT2D eigenvalue weighted by Gasteiger charge is 2.20. The third kappa shape index (κ3) is 4.19. The van der Waals surface area contributed by atoms with Gasteiger partial charge in [-0.3, -0.25) is 0 Å². The van der Waals surface area contributed by atoms with Gasteiger partial charge in [-0.1, -0.05) is 12.2 Å². The second kappa shape index (κ2) is 5.82. The van der Waals surface area contributed by atoms with Crippen molar-refractivity contribution in [1.29, 1.82) is 0 Å². The maximum absolute atomic E-state index is 5.56. The van der Waals surface area contributed by atoms with Gasteiger partial charge in [0.1, 0.15) is 6.61 Å². The molecular weight excluding hydrogens is 212 g/mol. The summed E-state index contributed by atoms with van der Waals surface area (Å²) in [4.78, 5) is 4.36. The molecule has 2 rings (SSSR count). The average Bonchev–Trinajstić information content (AvgIpc) is 3.10. The summed E-state index contributed by atoms with van der Waals surface area (Å²) in [6.07, 6.45) is 6.58. The van der Waals surface area contributed by atoms with Crippen molar-refractivity contribution >= 4 is 0 Å². The molecule has 0 spiro atoms. The van der Waals surface area contributed by atoms with Crippen LogP contribution in [-0.4, -0.2) is 17.6 Å². The van der Waals surface area contributed by atoms with Crippen LogP contribution in [0.2, 0.25) is 0 Å². The van der Waals surface area contributed by atoms with Crippen molar-refractivity contribution in [3.63, 3.8) is 0 Å². The first-order chi connectivity index (χ1) is 8.28. The van der Waals surface area contributed by atoms with Gasteiger partial charge in [0.15, 0.2) is 0 Å². The summed E-state index contributed by atoms with van der Waals surface area (Å²) in [5, 5.41) is 3.50. The molecule has 1 fully saturated rings. The molecule has 0 radical (unpaired) electrons. The van der Waals surface area contributed by atoms with Crippen LogP contribution in [0.5, 0.6) is 5.88 Å². The van der Waals surface area contributed by atoms with Gasteiger partial charge in [0.05, 0.1) is 0 Å². The van der Waals surface area contributed by atoms with Crippen LogP contribution in [0.1, 0.15) is 31.0 Å². The fourth-order valence-corrected chi connectivity index (χ4v) is 1.66. The summed E-state index contributed by atoms with van der Waals surface area (Å²) >= 11 is 0. The van der Waals surface area contributed by atoms with E-state index in [0.29, 0.717) is 6.61 Å². The monoisotopic (exact) mass is 232 g/mol. The normalized spacial score (nSPS) is 15.4. The Morgan fingerprint density at radius 3 is 3.00 bits per heavy atom. The standard InChI is InChI=1S/C14H20N2O/c1-3-4-7-17-14-9-12(8-11(2)16-14)10-15-13-5-6-13/h3-4,8-9,13,15H,5-7,10H2,1-2H3/b4-3+. The maximum atomic E-state index is 5.56. The Bertz CT molecular complexity index is 397. The molecule has 0 bridgehead atoms. The number of aromatic nitrogens is 1. The molecule has 1 aromatic heterocycles. The van der Waals surface area contributed by atoms with Crippen LogP contribution in [0.3, 0.4) is 0 Å². The van der Waals surface area contributed by atoms with Crippen molar-refractivity contribution in [3.8, 4) is 5.88 Å². The Labute approximate surface area is 103 Å². The van der Waals surface area contributed by atoms with Crippen LogP contribution in [-0.2, 0) is 6.54 Å². The highest BCUT2D eigenvalue weighted by atomic mass is 16.5. The average molecular weight is 232 g/mol. The zero-order valence-corrected chi connectivity index (χ0v) is 10.6. The van der Waals surface area contributed by atoms with E-state index in [-0.39, 0.29) is 0 Å². The van der Waals surface area contributed by atoms with Gasteiger partial charge in [-0.15, -0.1) is 0 Å². The number of ether oxygens (including phenoxy) is 1. The molecule has 0 atom stereocenters. The summed E-state index contributed by atoms with van der Waals surface area (Å²) in [5.74, 6) is 0.718. The molecular formula is C14H20N2O. The second-order valence-corrected chi connectivity index (χ2v) is 4.49. The molecule has 3 nitrogen and oxygen atoms in total. The van der Waals surface area contributed by atoms with E-state index >= 15 is 0 Å². The minimum absolute atomic E-state index is 0.586. The number of aryl methyl sites for hydroxylation is 1. The van der Waals surface area contributed by atoms with Crippen molar-refractivity contribution in [2.24, 2.45) is 0 Å². The molecule has 1 N–H and O–H groups in total. The van der Waals surface area contributed by atoms with Crippen molar-refractivity contribution in [2.45, 2.75) is 39.3 Å². The van der Waals surface area contributed by atoms with Crippen LogP contribution >= 0.6 is 0 Å². The Balaban J connectivity index is 1.94. The lowest BCUT2D eigenvalue weighted by molar-refractivity contribution is 0.347. The van der Waals surface area contributed by atoms with Crippen LogP contribution in [0.4, 0.5) is 0 Å². The highest BCUT2D eigenvalue weighted by molar-refractivity contribution is 5.25. The van der Waals surface area contributed by atoms with E-state index in [0.717, 1.165) is 24.2 Å². The first-order valence-corrected chi connectivity index (χ1v) is 6.23. The third-order valence-corrected chi connectivity index (χ3v) is 2.73. The minimum Gasteiger partial charge on any atom is -0.473 e. The number of hydrogen-bond acceptors (Lipinski definition) is 3. The molecule has 0 aromatic carbocycles. The van der Waals surface area contributed by atoms with Gasteiger partial charge in [0, 0.05) is 24.3 Å². The van der Waals surface area contributed by atoms with Gasteiger partial charge in [-0.2, -0.15) is 0 Å². The topological polar surface area (TPSA) is 34.1 Å². The quantitative estimate of drug-likeness (QED) is 0.765. The number of nitrogens with one attached hydrogen (secondary N) is 1. The van der Waals surface area contributed by atoms with E-state index in [1.165, 1.54) is 18.4 Å². The summed E-state index contributed by atoms with van der Waals surface area (Å²) < 4.78 is 5.56. The number of allylic oxidation sites excluding steroid dienone is 1. The summed E-state index contributed by atoms with van der Waals surface area (Å²) in [5.41, 5.74) is 2.26. The van der Waals surface area contributed by atoms with Crippen LogP contribution < -0.4 is 10.1 Å². The Hall–Kier alpha value is -1.35. The molecule has 17 heavy (non-hydrogen) atoms. The minimum atomic E-state index is 0.586. The van der Waals surface area contributed by atoms with Gasteiger partial charge in [-0.25, -0.2) is 4.98 Å². The van der Waals surface area contributed by atoms with Crippen molar-refractivity contribution in [3.05, 3.63) is 35.5 Å². The molecule has 0 aliphatic heterocycles. The van der Waals surface area contributed by atoms with Crippen molar-refractivity contribution in [2.75, 3.05) is 6.61 Å². The van der Waals surface area contributed by atoms with E-state index in [1.54, 1.807) is 0 Å². The van der Waals surface area contributed by atoms with Crippen LogP contribution in [0.15, 0.2) is 24.3 Å². The second-order valence-electron chi connectivity index (χ2n) is 4.49. The fourth-order valence-electron chi connectivity index (χ4n) is 1.66. The fraction of sp³-hybridized carbons (Fsp3) is 0.500. The highest BCUT2D eigenvalue weighted by Crippen LogP contribution is 2.20. The zero-order valence-electron chi connectivity index (χ0n) is 10.6. The SMILES string of the molecule is C/C=C/COc1cc(CNC2CC2)cc(C)n1. The predicted molar refractivity (Wildman–Crippen MR) is 69.1 cm³/mol. The van der Waals surface area contributed by atoms with E-state index in [1.807, 2.05) is 32.1 Å². The number of hydrogen-bond donors (Lipinski definition) is 1. The molecule has 1 aliphatic rings. The van der Waals surface area contributed by atoms with Gasteiger partial charge in [-0.05, 0) is 38.3 Å². The molecule has 1 saturated carbocycles. The molecule has 0 unspecified atom stereocenters. The van der Waals surface area contributed by atoms with Gasteiger partial charge >= 0.3 is 0 Å². The van der Waals surface area contributed by atoms with E-state index < -0.39 is 0 Å². The van der Waals surface area contributed by atoms with E-state index in [2.05, 4.69) is 16.4 Å². The number of rotatable bonds is 6. The maximum Gasteiger partial charge on any atom is 0.214 e. The predicted octanol–water partition coefficient (Wildman–Crippen LogP) is 2.60. The molecule has 1 aliphatic carbocycles.